The molecule has 0 fully saturated rings. The Kier molecular flexibility index (Phi) is 5.13. The number of hydrogen-bond donors (Lipinski definition) is 2. The topological polar surface area (TPSA) is 58.2 Å². The second kappa shape index (κ2) is 6.87. The van der Waals surface area contributed by atoms with Crippen LogP contribution in [0.2, 0.25) is 0 Å². The van der Waals surface area contributed by atoms with Crippen molar-refractivity contribution in [1.29, 1.82) is 0 Å². The van der Waals surface area contributed by atoms with Crippen LogP contribution in [-0.2, 0) is 4.79 Å². The molecule has 1 atom stereocenters. The van der Waals surface area contributed by atoms with Crippen LogP contribution in [0.1, 0.15) is 35.5 Å². The summed E-state index contributed by atoms with van der Waals surface area (Å²) in [5, 5.41) is 5.86. The first-order chi connectivity index (χ1) is 10.5. The predicted octanol–water partition coefficient (Wildman–Crippen LogP) is 2.99. The highest BCUT2D eigenvalue weighted by atomic mass is 32.1. The van der Waals surface area contributed by atoms with Crippen LogP contribution in [0.3, 0.4) is 0 Å². The Hall–Kier alpha value is -1.95. The number of hydrogen-bond acceptors (Lipinski definition) is 3. The van der Waals surface area contributed by atoms with E-state index >= 15 is 0 Å². The van der Waals surface area contributed by atoms with E-state index in [0.29, 0.717) is 22.4 Å². The van der Waals surface area contributed by atoms with E-state index in [9.17, 15) is 14.0 Å². The zero-order valence-electron chi connectivity index (χ0n) is 12.8. The van der Waals surface area contributed by atoms with E-state index in [-0.39, 0.29) is 17.6 Å². The Morgan fingerprint density at radius 2 is 2.09 bits per heavy atom. The van der Waals surface area contributed by atoms with Gasteiger partial charge in [0.2, 0.25) is 5.91 Å². The van der Waals surface area contributed by atoms with Gasteiger partial charge in [0.05, 0.1) is 4.88 Å². The third-order valence-electron chi connectivity index (χ3n) is 3.40. The summed E-state index contributed by atoms with van der Waals surface area (Å²) < 4.78 is 14.6. The number of carbonyl (C=O) groups is 2. The van der Waals surface area contributed by atoms with Gasteiger partial charge >= 0.3 is 0 Å². The summed E-state index contributed by atoms with van der Waals surface area (Å²) in [6, 6.07) is 4.15. The molecule has 0 spiro atoms. The quantitative estimate of drug-likeness (QED) is 0.889. The van der Waals surface area contributed by atoms with Gasteiger partial charge in [0.25, 0.3) is 5.91 Å². The first-order valence-corrected chi connectivity index (χ1v) is 8.03. The van der Waals surface area contributed by atoms with Gasteiger partial charge in [-0.3, -0.25) is 9.59 Å². The highest BCUT2D eigenvalue weighted by molar-refractivity contribution is 7.21. The van der Waals surface area contributed by atoms with Crippen molar-refractivity contribution in [3.8, 4) is 0 Å². The zero-order valence-corrected chi connectivity index (χ0v) is 13.6. The third-order valence-corrected chi connectivity index (χ3v) is 4.66. The van der Waals surface area contributed by atoms with Gasteiger partial charge in [0.15, 0.2) is 0 Å². The summed E-state index contributed by atoms with van der Waals surface area (Å²) >= 11 is 1.23. The van der Waals surface area contributed by atoms with Gasteiger partial charge in [0, 0.05) is 16.6 Å². The van der Waals surface area contributed by atoms with Crippen LogP contribution in [-0.4, -0.2) is 24.4 Å². The van der Waals surface area contributed by atoms with E-state index in [1.807, 2.05) is 6.92 Å². The van der Waals surface area contributed by atoms with Crippen LogP contribution in [0.15, 0.2) is 18.2 Å². The maximum atomic E-state index is 13.9. The van der Waals surface area contributed by atoms with Crippen molar-refractivity contribution in [3.63, 3.8) is 0 Å². The summed E-state index contributed by atoms with van der Waals surface area (Å²) in [6.45, 7) is 5.88. The number of aryl methyl sites for hydroxylation is 1. The Morgan fingerprint density at radius 3 is 2.73 bits per heavy atom. The van der Waals surface area contributed by atoms with Gasteiger partial charge in [-0.25, -0.2) is 4.39 Å². The Morgan fingerprint density at radius 1 is 1.36 bits per heavy atom. The van der Waals surface area contributed by atoms with E-state index in [0.717, 1.165) is 11.1 Å². The predicted molar refractivity (Wildman–Crippen MR) is 86.7 cm³/mol. The molecule has 1 aromatic heterocycles. The van der Waals surface area contributed by atoms with Gasteiger partial charge in [-0.1, -0.05) is 13.0 Å². The molecule has 4 nitrogen and oxygen atoms in total. The molecule has 2 aromatic rings. The lowest BCUT2D eigenvalue weighted by atomic mass is 10.1. The van der Waals surface area contributed by atoms with Crippen LogP contribution in [0, 0.1) is 12.7 Å². The number of amides is 2. The van der Waals surface area contributed by atoms with Crippen LogP contribution in [0.4, 0.5) is 4.39 Å². The highest BCUT2D eigenvalue weighted by Crippen LogP contribution is 2.32. The molecule has 0 saturated carbocycles. The fourth-order valence-corrected chi connectivity index (χ4v) is 3.32. The lowest BCUT2D eigenvalue weighted by Gasteiger charge is -2.13. The average Bonchev–Trinajstić information content (AvgIpc) is 2.83. The SMILES string of the molecule is CCCNC(=O)C(C)NC(=O)c1sc2cccc(F)c2c1C. The number of rotatable bonds is 5. The standard InChI is InChI=1S/C16H19FN2O2S/c1-4-8-18-15(20)10(3)19-16(21)14-9(2)13-11(17)6-5-7-12(13)22-14/h5-7,10H,4,8H2,1-3H3,(H,18,20)(H,19,21). The second-order valence-electron chi connectivity index (χ2n) is 5.16. The molecule has 118 valence electrons. The van der Waals surface area contributed by atoms with Crippen molar-refractivity contribution in [2.45, 2.75) is 33.2 Å². The zero-order chi connectivity index (χ0) is 16.3. The summed E-state index contributed by atoms with van der Waals surface area (Å²) in [6.07, 6.45) is 0.834. The average molecular weight is 322 g/mol. The Bertz CT molecular complexity index is 711. The van der Waals surface area contributed by atoms with Crippen molar-refractivity contribution < 1.29 is 14.0 Å². The van der Waals surface area contributed by atoms with E-state index in [4.69, 9.17) is 0 Å². The van der Waals surface area contributed by atoms with Crippen molar-refractivity contribution >= 4 is 33.2 Å². The molecule has 0 bridgehead atoms. The minimum atomic E-state index is -0.631. The van der Waals surface area contributed by atoms with Crippen LogP contribution in [0.25, 0.3) is 10.1 Å². The number of fused-ring (bicyclic) bond motifs is 1. The van der Waals surface area contributed by atoms with E-state index in [1.54, 1.807) is 26.0 Å². The Labute approximate surface area is 132 Å². The summed E-state index contributed by atoms with van der Waals surface area (Å²) in [7, 11) is 0. The first kappa shape index (κ1) is 16.4. The fraction of sp³-hybridized carbons (Fsp3) is 0.375. The maximum Gasteiger partial charge on any atom is 0.262 e. The minimum absolute atomic E-state index is 0.222. The molecule has 0 saturated heterocycles. The molecule has 1 heterocycles. The summed E-state index contributed by atoms with van der Waals surface area (Å²) in [5.41, 5.74) is 0.608. The molecule has 0 aliphatic heterocycles. The third kappa shape index (κ3) is 3.27. The molecule has 1 unspecified atom stereocenters. The Balaban J connectivity index is 2.18. The number of carbonyl (C=O) groups excluding carboxylic acids is 2. The van der Waals surface area contributed by atoms with Gasteiger partial charge in [-0.15, -0.1) is 11.3 Å². The largest absolute Gasteiger partial charge is 0.354 e. The molecule has 0 aliphatic rings. The maximum absolute atomic E-state index is 13.9. The van der Waals surface area contributed by atoms with Crippen molar-refractivity contribution in [2.75, 3.05) is 6.54 Å². The second-order valence-corrected chi connectivity index (χ2v) is 6.21. The monoisotopic (exact) mass is 322 g/mol. The number of nitrogens with one attached hydrogen (secondary N) is 2. The van der Waals surface area contributed by atoms with E-state index in [2.05, 4.69) is 10.6 Å². The normalized spacial score (nSPS) is 12.2. The molecule has 22 heavy (non-hydrogen) atoms. The van der Waals surface area contributed by atoms with E-state index < -0.39 is 6.04 Å². The number of benzene rings is 1. The van der Waals surface area contributed by atoms with E-state index in [1.165, 1.54) is 17.4 Å². The van der Waals surface area contributed by atoms with Crippen LogP contribution >= 0.6 is 11.3 Å². The lowest BCUT2D eigenvalue weighted by Crippen LogP contribution is -2.44. The van der Waals surface area contributed by atoms with Crippen molar-refractivity contribution in [3.05, 3.63) is 34.5 Å². The molecule has 0 aliphatic carbocycles. The summed E-state index contributed by atoms with van der Waals surface area (Å²) in [5.74, 6) is -0.906. The molecule has 2 amide bonds. The molecule has 0 radical (unpaired) electrons. The summed E-state index contributed by atoms with van der Waals surface area (Å²) in [4.78, 5) is 24.6. The van der Waals surface area contributed by atoms with Gasteiger partial charge in [-0.2, -0.15) is 0 Å². The molecule has 6 heteroatoms. The van der Waals surface area contributed by atoms with Gasteiger partial charge in [-0.05, 0) is 38.0 Å². The first-order valence-electron chi connectivity index (χ1n) is 7.21. The molecule has 2 N–H and O–H groups in total. The minimum Gasteiger partial charge on any atom is -0.354 e. The van der Waals surface area contributed by atoms with Gasteiger partial charge < -0.3 is 10.6 Å². The smallest absolute Gasteiger partial charge is 0.262 e. The van der Waals surface area contributed by atoms with Gasteiger partial charge in [0.1, 0.15) is 11.9 Å². The van der Waals surface area contributed by atoms with Crippen LogP contribution in [0.5, 0.6) is 0 Å². The molecule has 2 rings (SSSR count). The number of halogens is 1. The number of thiophene rings is 1. The van der Waals surface area contributed by atoms with Crippen LogP contribution < -0.4 is 10.6 Å². The highest BCUT2D eigenvalue weighted by Gasteiger charge is 2.21. The molecular formula is C16H19FN2O2S. The van der Waals surface area contributed by atoms with Crippen molar-refractivity contribution in [1.82, 2.24) is 10.6 Å². The molecular weight excluding hydrogens is 303 g/mol. The fourth-order valence-electron chi connectivity index (χ4n) is 2.20. The molecule has 1 aromatic carbocycles. The van der Waals surface area contributed by atoms with Crippen molar-refractivity contribution in [2.24, 2.45) is 0 Å². The lowest BCUT2D eigenvalue weighted by molar-refractivity contribution is -0.122.